The molecule has 3 aromatic rings. The molecule has 0 unspecified atom stereocenters. The zero-order chi connectivity index (χ0) is 17.2. The van der Waals surface area contributed by atoms with E-state index in [1.807, 2.05) is 24.3 Å². The van der Waals surface area contributed by atoms with Crippen LogP contribution in [0.5, 0.6) is 5.75 Å². The maximum absolute atomic E-state index is 12.8. The number of aromatic hydroxyl groups is 1. The van der Waals surface area contributed by atoms with Gasteiger partial charge in [0.15, 0.2) is 0 Å². The van der Waals surface area contributed by atoms with E-state index in [0.29, 0.717) is 37.7 Å². The number of anilines is 1. The first-order valence-corrected chi connectivity index (χ1v) is 8.25. The minimum absolute atomic E-state index is 0.0255. The number of amides is 1. The molecule has 2 heterocycles. The van der Waals surface area contributed by atoms with Crippen LogP contribution in [-0.2, 0) is 0 Å². The first kappa shape index (κ1) is 15.4. The van der Waals surface area contributed by atoms with Crippen LogP contribution in [-0.4, -0.2) is 52.1 Å². The van der Waals surface area contributed by atoms with Crippen molar-refractivity contribution in [2.24, 2.45) is 0 Å². The van der Waals surface area contributed by atoms with Crippen LogP contribution in [0.3, 0.4) is 0 Å². The first-order chi connectivity index (χ1) is 12.2. The summed E-state index contributed by atoms with van der Waals surface area (Å²) in [6.07, 6.45) is 3.43. The lowest BCUT2D eigenvalue weighted by atomic mass is 10.0. The Morgan fingerprint density at radius 2 is 1.56 bits per heavy atom. The Kier molecular flexibility index (Phi) is 3.93. The zero-order valence-electron chi connectivity index (χ0n) is 13.7. The van der Waals surface area contributed by atoms with Crippen LogP contribution in [0.2, 0.25) is 0 Å². The monoisotopic (exact) mass is 334 g/mol. The van der Waals surface area contributed by atoms with Crippen LogP contribution in [0.15, 0.2) is 54.9 Å². The number of hydrogen-bond donors (Lipinski definition) is 1. The topological polar surface area (TPSA) is 69.6 Å². The number of nitrogens with zero attached hydrogens (tertiary/aromatic N) is 4. The fraction of sp³-hybridized carbons (Fsp3) is 0.211. The lowest BCUT2D eigenvalue weighted by Crippen LogP contribution is -2.49. The van der Waals surface area contributed by atoms with E-state index in [1.165, 1.54) is 0 Å². The molecule has 4 rings (SSSR count). The highest BCUT2D eigenvalue weighted by Crippen LogP contribution is 2.26. The van der Waals surface area contributed by atoms with E-state index in [2.05, 4.69) is 14.9 Å². The van der Waals surface area contributed by atoms with E-state index in [4.69, 9.17) is 0 Å². The molecule has 0 atom stereocenters. The van der Waals surface area contributed by atoms with Crippen molar-refractivity contribution in [3.63, 3.8) is 0 Å². The maximum Gasteiger partial charge on any atom is 0.257 e. The van der Waals surface area contributed by atoms with E-state index in [1.54, 1.807) is 35.5 Å². The van der Waals surface area contributed by atoms with E-state index in [9.17, 15) is 9.90 Å². The summed E-state index contributed by atoms with van der Waals surface area (Å²) in [5.41, 5.74) is 0.350. The summed E-state index contributed by atoms with van der Waals surface area (Å²) in [5, 5.41) is 12.1. The van der Waals surface area contributed by atoms with Gasteiger partial charge in [-0.05, 0) is 29.0 Å². The average Bonchev–Trinajstić information content (AvgIpc) is 2.68. The predicted octanol–water partition coefficient (Wildman–Crippen LogP) is 2.30. The zero-order valence-corrected chi connectivity index (χ0v) is 13.7. The Bertz CT molecular complexity index is 906. The molecule has 6 nitrogen and oxygen atoms in total. The lowest BCUT2D eigenvalue weighted by Gasteiger charge is -2.34. The van der Waals surface area contributed by atoms with Crippen molar-refractivity contribution >= 4 is 22.6 Å². The second-order valence-corrected chi connectivity index (χ2v) is 6.04. The highest BCUT2D eigenvalue weighted by molar-refractivity contribution is 6.01. The van der Waals surface area contributed by atoms with Gasteiger partial charge in [-0.25, -0.2) is 9.97 Å². The Hall–Kier alpha value is -3.15. The molecule has 25 heavy (non-hydrogen) atoms. The fourth-order valence-electron chi connectivity index (χ4n) is 3.13. The highest BCUT2D eigenvalue weighted by Gasteiger charge is 2.25. The first-order valence-electron chi connectivity index (χ1n) is 8.25. The second-order valence-electron chi connectivity index (χ2n) is 6.04. The van der Waals surface area contributed by atoms with Gasteiger partial charge in [0.25, 0.3) is 5.91 Å². The number of piperazine rings is 1. The second kappa shape index (κ2) is 6.39. The van der Waals surface area contributed by atoms with Crippen molar-refractivity contribution in [2.45, 2.75) is 0 Å². The Morgan fingerprint density at radius 1 is 0.920 bits per heavy atom. The normalized spacial score (nSPS) is 14.7. The van der Waals surface area contributed by atoms with Gasteiger partial charge in [-0.1, -0.05) is 24.3 Å². The third-order valence-corrected chi connectivity index (χ3v) is 4.50. The van der Waals surface area contributed by atoms with Crippen LogP contribution in [0.25, 0.3) is 10.8 Å². The van der Waals surface area contributed by atoms with E-state index in [-0.39, 0.29) is 11.7 Å². The third-order valence-electron chi connectivity index (χ3n) is 4.50. The van der Waals surface area contributed by atoms with Gasteiger partial charge < -0.3 is 14.9 Å². The summed E-state index contributed by atoms with van der Waals surface area (Å²) in [5.74, 6) is 0.567. The maximum atomic E-state index is 12.8. The molecule has 126 valence electrons. The van der Waals surface area contributed by atoms with Crippen molar-refractivity contribution in [3.8, 4) is 5.75 Å². The number of fused-ring (bicyclic) bond motifs is 1. The molecule has 0 bridgehead atoms. The third kappa shape index (κ3) is 2.98. The number of hydrogen-bond acceptors (Lipinski definition) is 5. The number of aromatic nitrogens is 2. The molecular weight excluding hydrogens is 316 g/mol. The Balaban J connectivity index is 1.52. The van der Waals surface area contributed by atoms with Crippen molar-refractivity contribution in [1.82, 2.24) is 14.9 Å². The van der Waals surface area contributed by atoms with Crippen LogP contribution in [0.4, 0.5) is 5.95 Å². The van der Waals surface area contributed by atoms with Crippen molar-refractivity contribution in [2.75, 3.05) is 31.1 Å². The average molecular weight is 334 g/mol. The van der Waals surface area contributed by atoms with E-state index < -0.39 is 0 Å². The Morgan fingerprint density at radius 3 is 2.24 bits per heavy atom. The molecular formula is C19H18N4O2. The van der Waals surface area contributed by atoms with Gasteiger partial charge in [-0.2, -0.15) is 0 Å². The molecule has 0 radical (unpaired) electrons. The van der Waals surface area contributed by atoms with Gasteiger partial charge in [0, 0.05) is 38.6 Å². The van der Waals surface area contributed by atoms with Crippen LogP contribution in [0, 0.1) is 0 Å². The van der Waals surface area contributed by atoms with E-state index in [0.717, 1.165) is 10.8 Å². The molecule has 1 fully saturated rings. The lowest BCUT2D eigenvalue weighted by molar-refractivity contribution is 0.0743. The summed E-state index contributed by atoms with van der Waals surface area (Å²) < 4.78 is 0. The van der Waals surface area contributed by atoms with E-state index >= 15 is 0 Å². The van der Waals surface area contributed by atoms with Crippen molar-refractivity contribution < 1.29 is 9.90 Å². The van der Waals surface area contributed by atoms with Gasteiger partial charge in [0.1, 0.15) is 5.75 Å². The largest absolute Gasteiger partial charge is 0.507 e. The molecule has 2 aromatic carbocycles. The molecule has 1 aliphatic heterocycles. The number of rotatable bonds is 2. The molecule has 1 N–H and O–H groups in total. The molecule has 0 aliphatic carbocycles. The van der Waals surface area contributed by atoms with Crippen molar-refractivity contribution in [3.05, 3.63) is 60.4 Å². The Labute approximate surface area is 145 Å². The van der Waals surface area contributed by atoms with Gasteiger partial charge >= 0.3 is 0 Å². The summed E-state index contributed by atoms with van der Waals surface area (Å²) >= 11 is 0. The number of phenolic OH excluding ortho intramolecular Hbond substituents is 1. The SMILES string of the molecule is O=C(c1cc2ccccc2cc1O)N1CCN(c2ncccn2)CC1. The standard InChI is InChI=1S/C19H18N4O2/c24-17-13-15-5-2-1-4-14(15)12-16(17)18(25)22-8-10-23(11-9-22)19-20-6-3-7-21-19/h1-7,12-13,24H,8-11H2. The number of carbonyl (C=O) groups is 1. The molecule has 1 amide bonds. The molecule has 1 aliphatic rings. The van der Waals surface area contributed by atoms with Gasteiger partial charge in [0.2, 0.25) is 5.95 Å². The summed E-state index contributed by atoms with van der Waals surface area (Å²) in [4.78, 5) is 25.2. The van der Waals surface area contributed by atoms with Gasteiger partial charge in [0.05, 0.1) is 5.56 Å². The van der Waals surface area contributed by atoms with Gasteiger partial charge in [-0.3, -0.25) is 4.79 Å². The molecule has 1 saturated heterocycles. The highest BCUT2D eigenvalue weighted by atomic mass is 16.3. The van der Waals surface area contributed by atoms with Crippen LogP contribution < -0.4 is 4.90 Å². The number of carbonyl (C=O) groups excluding carboxylic acids is 1. The molecule has 1 aromatic heterocycles. The summed E-state index contributed by atoms with van der Waals surface area (Å²) in [6.45, 7) is 2.49. The molecule has 6 heteroatoms. The predicted molar refractivity (Wildman–Crippen MR) is 95.8 cm³/mol. The van der Waals surface area contributed by atoms with Crippen LogP contribution >= 0.6 is 0 Å². The molecule has 0 saturated carbocycles. The fourth-order valence-corrected chi connectivity index (χ4v) is 3.13. The van der Waals surface area contributed by atoms with Crippen molar-refractivity contribution in [1.29, 1.82) is 0 Å². The van der Waals surface area contributed by atoms with Gasteiger partial charge in [-0.15, -0.1) is 0 Å². The smallest absolute Gasteiger partial charge is 0.257 e. The minimum Gasteiger partial charge on any atom is -0.507 e. The number of benzene rings is 2. The summed E-state index contributed by atoms with van der Waals surface area (Å²) in [7, 11) is 0. The molecule has 0 spiro atoms. The van der Waals surface area contributed by atoms with Crippen LogP contribution in [0.1, 0.15) is 10.4 Å². The minimum atomic E-state index is -0.142. The quantitative estimate of drug-likeness (QED) is 0.779. The summed E-state index contributed by atoms with van der Waals surface area (Å²) in [6, 6.07) is 12.9. The number of phenols is 1.